The summed E-state index contributed by atoms with van der Waals surface area (Å²) in [5.41, 5.74) is 3.28. The molecule has 2 amide bonds. The number of amides is 2. The highest BCUT2D eigenvalue weighted by Crippen LogP contribution is 2.17. The number of pyridine rings is 2. The first-order chi connectivity index (χ1) is 14.1. The van der Waals surface area contributed by atoms with Gasteiger partial charge in [0.2, 0.25) is 5.82 Å². The molecule has 0 fully saturated rings. The first kappa shape index (κ1) is 18.4. The number of nitrogens with zero attached hydrogens (tertiary/aromatic N) is 3. The number of benzene rings is 1. The molecule has 0 saturated carbocycles. The van der Waals surface area contributed by atoms with Gasteiger partial charge in [-0.3, -0.25) is 19.0 Å². The van der Waals surface area contributed by atoms with E-state index in [-0.39, 0.29) is 23.3 Å². The number of hydrogen-bond donors (Lipinski definition) is 2. The number of carbonyl (C=O) groups excluding carboxylic acids is 2. The van der Waals surface area contributed by atoms with Crippen LogP contribution in [0.4, 0.5) is 5.69 Å². The summed E-state index contributed by atoms with van der Waals surface area (Å²) in [5, 5.41) is 5.70. The van der Waals surface area contributed by atoms with Crippen LogP contribution in [0.3, 0.4) is 0 Å². The van der Waals surface area contributed by atoms with Crippen LogP contribution in [0.5, 0.6) is 0 Å². The fraction of sp³-hybridized carbons (Fsp3) is 0.0909. The molecule has 0 aliphatic carbocycles. The van der Waals surface area contributed by atoms with E-state index < -0.39 is 0 Å². The Balaban J connectivity index is 1.62. The molecule has 3 aromatic heterocycles. The van der Waals surface area contributed by atoms with Crippen molar-refractivity contribution in [3.05, 3.63) is 95.8 Å². The molecule has 7 nitrogen and oxygen atoms in total. The lowest BCUT2D eigenvalue weighted by Gasteiger charge is -2.07. The van der Waals surface area contributed by atoms with E-state index in [9.17, 15) is 9.59 Å². The smallest absolute Gasteiger partial charge is 0.292 e. The van der Waals surface area contributed by atoms with Crippen LogP contribution >= 0.6 is 0 Å². The lowest BCUT2D eigenvalue weighted by Crippen LogP contribution is -2.23. The summed E-state index contributed by atoms with van der Waals surface area (Å²) in [4.78, 5) is 34.0. The van der Waals surface area contributed by atoms with Gasteiger partial charge in [-0.2, -0.15) is 0 Å². The second-order valence-corrected chi connectivity index (χ2v) is 6.55. The van der Waals surface area contributed by atoms with Crippen LogP contribution in [0.2, 0.25) is 0 Å². The van der Waals surface area contributed by atoms with Crippen LogP contribution in [-0.2, 0) is 6.54 Å². The van der Waals surface area contributed by atoms with E-state index in [1.807, 2.05) is 43.3 Å². The lowest BCUT2D eigenvalue weighted by atomic mass is 10.2. The number of hydrogen-bond acceptors (Lipinski definition) is 4. The highest BCUT2D eigenvalue weighted by molar-refractivity contribution is 6.06. The maximum atomic E-state index is 12.9. The van der Waals surface area contributed by atoms with E-state index in [0.29, 0.717) is 17.7 Å². The Morgan fingerprint density at radius 1 is 1.00 bits per heavy atom. The van der Waals surface area contributed by atoms with Crippen molar-refractivity contribution in [2.75, 3.05) is 5.32 Å². The van der Waals surface area contributed by atoms with Crippen molar-refractivity contribution in [3.8, 4) is 0 Å². The van der Waals surface area contributed by atoms with Gasteiger partial charge in [0.25, 0.3) is 11.8 Å². The second kappa shape index (κ2) is 7.93. The Morgan fingerprint density at radius 2 is 1.83 bits per heavy atom. The first-order valence-electron chi connectivity index (χ1n) is 9.14. The molecule has 0 aliphatic rings. The highest BCUT2D eigenvalue weighted by atomic mass is 16.2. The molecule has 0 saturated heterocycles. The lowest BCUT2D eigenvalue weighted by molar-refractivity contribution is 0.0948. The third-order valence-corrected chi connectivity index (χ3v) is 4.54. The average molecular weight is 385 g/mol. The molecule has 0 aliphatic heterocycles. The first-order valence-corrected chi connectivity index (χ1v) is 9.14. The van der Waals surface area contributed by atoms with Crippen molar-refractivity contribution in [2.45, 2.75) is 13.5 Å². The van der Waals surface area contributed by atoms with E-state index in [4.69, 9.17) is 0 Å². The summed E-state index contributed by atoms with van der Waals surface area (Å²) in [6.07, 6.45) is 5.08. The molecular weight excluding hydrogens is 366 g/mol. The molecular formula is C22H19N5O2. The molecule has 7 heteroatoms. The summed E-state index contributed by atoms with van der Waals surface area (Å²) >= 11 is 0. The fourth-order valence-electron chi connectivity index (χ4n) is 3.03. The predicted octanol–water partition coefficient (Wildman–Crippen LogP) is 3.22. The molecule has 3 heterocycles. The van der Waals surface area contributed by atoms with Crippen LogP contribution in [-0.4, -0.2) is 26.2 Å². The third-order valence-electron chi connectivity index (χ3n) is 4.54. The topological polar surface area (TPSA) is 88.4 Å². The summed E-state index contributed by atoms with van der Waals surface area (Å²) in [6, 6.07) is 16.5. The number of aromatic nitrogens is 3. The number of fused-ring (bicyclic) bond motifs is 1. The van der Waals surface area contributed by atoms with E-state index in [2.05, 4.69) is 20.6 Å². The number of imidazole rings is 1. The van der Waals surface area contributed by atoms with Gasteiger partial charge in [0.05, 0.1) is 5.52 Å². The number of rotatable bonds is 5. The Bertz CT molecular complexity index is 1180. The van der Waals surface area contributed by atoms with Crippen LogP contribution in [0.15, 0.2) is 73.2 Å². The minimum absolute atomic E-state index is 0.149. The Morgan fingerprint density at radius 3 is 2.62 bits per heavy atom. The minimum atomic E-state index is -0.383. The maximum Gasteiger partial charge on any atom is 0.292 e. The minimum Gasteiger partial charge on any atom is -0.346 e. The van der Waals surface area contributed by atoms with Crippen molar-refractivity contribution < 1.29 is 9.59 Å². The summed E-state index contributed by atoms with van der Waals surface area (Å²) < 4.78 is 1.62. The van der Waals surface area contributed by atoms with Gasteiger partial charge in [0.1, 0.15) is 0 Å². The Hall–Kier alpha value is -4.00. The SMILES string of the molecule is Cc1ccccc1NC(=O)c1nc(C(=O)NCc2cccnc2)c2ccccn12. The molecule has 2 N–H and O–H groups in total. The van der Waals surface area contributed by atoms with Crippen molar-refractivity contribution >= 4 is 23.0 Å². The van der Waals surface area contributed by atoms with Gasteiger partial charge in [-0.1, -0.05) is 30.3 Å². The van der Waals surface area contributed by atoms with Crippen LogP contribution in [0, 0.1) is 6.92 Å². The number of nitrogens with one attached hydrogen (secondary N) is 2. The zero-order chi connectivity index (χ0) is 20.2. The normalized spacial score (nSPS) is 10.7. The molecule has 0 spiro atoms. The van der Waals surface area contributed by atoms with Crippen molar-refractivity contribution in [2.24, 2.45) is 0 Å². The van der Waals surface area contributed by atoms with Crippen molar-refractivity contribution in [1.29, 1.82) is 0 Å². The predicted molar refractivity (Wildman–Crippen MR) is 110 cm³/mol. The third kappa shape index (κ3) is 3.84. The molecule has 0 bridgehead atoms. The van der Waals surface area contributed by atoms with Crippen LogP contribution in [0.1, 0.15) is 32.2 Å². The standard InChI is InChI=1S/C22H19N5O2/c1-15-7-2-3-9-17(15)25-22(29)20-26-19(18-10-4-5-12-27(18)20)21(28)24-14-16-8-6-11-23-13-16/h2-13H,14H2,1H3,(H,24,28)(H,25,29). The Kier molecular flexibility index (Phi) is 5.03. The second-order valence-electron chi connectivity index (χ2n) is 6.55. The van der Waals surface area contributed by atoms with Gasteiger partial charge >= 0.3 is 0 Å². The van der Waals surface area contributed by atoms with E-state index in [1.165, 1.54) is 0 Å². The fourth-order valence-corrected chi connectivity index (χ4v) is 3.03. The molecule has 29 heavy (non-hydrogen) atoms. The molecule has 144 valence electrons. The molecule has 0 radical (unpaired) electrons. The monoisotopic (exact) mass is 385 g/mol. The van der Waals surface area contributed by atoms with Gasteiger partial charge in [0, 0.05) is 30.8 Å². The number of aryl methyl sites for hydroxylation is 1. The number of para-hydroxylation sites is 1. The number of anilines is 1. The largest absolute Gasteiger partial charge is 0.346 e. The average Bonchev–Trinajstić information content (AvgIpc) is 3.14. The maximum absolute atomic E-state index is 12.9. The Labute approximate surface area is 167 Å². The van der Waals surface area contributed by atoms with Crippen molar-refractivity contribution in [1.82, 2.24) is 19.7 Å². The van der Waals surface area contributed by atoms with Gasteiger partial charge < -0.3 is 10.6 Å². The van der Waals surface area contributed by atoms with Crippen molar-refractivity contribution in [3.63, 3.8) is 0 Å². The summed E-state index contributed by atoms with van der Waals surface area (Å²) in [6.45, 7) is 2.24. The molecule has 0 unspecified atom stereocenters. The van der Waals surface area contributed by atoms with E-state index in [0.717, 1.165) is 11.1 Å². The summed E-state index contributed by atoms with van der Waals surface area (Å²) in [7, 11) is 0. The zero-order valence-electron chi connectivity index (χ0n) is 15.8. The van der Waals surface area contributed by atoms with Gasteiger partial charge in [0.15, 0.2) is 5.69 Å². The molecule has 4 aromatic rings. The van der Waals surface area contributed by atoms with Gasteiger partial charge in [-0.05, 0) is 42.3 Å². The molecule has 1 aromatic carbocycles. The van der Waals surface area contributed by atoms with Crippen LogP contribution < -0.4 is 10.6 Å². The van der Waals surface area contributed by atoms with Gasteiger partial charge in [-0.15, -0.1) is 0 Å². The molecule has 4 rings (SSSR count). The van der Waals surface area contributed by atoms with Gasteiger partial charge in [-0.25, -0.2) is 4.98 Å². The summed E-state index contributed by atoms with van der Waals surface area (Å²) in [5.74, 6) is -0.588. The van der Waals surface area contributed by atoms with E-state index >= 15 is 0 Å². The zero-order valence-corrected chi connectivity index (χ0v) is 15.8. The van der Waals surface area contributed by atoms with Crippen LogP contribution in [0.25, 0.3) is 5.52 Å². The number of carbonyl (C=O) groups is 2. The molecule has 0 atom stereocenters. The quantitative estimate of drug-likeness (QED) is 0.552. The van der Waals surface area contributed by atoms with E-state index in [1.54, 1.807) is 41.2 Å². The highest BCUT2D eigenvalue weighted by Gasteiger charge is 2.21.